The van der Waals surface area contributed by atoms with Crippen molar-refractivity contribution < 1.29 is 22.6 Å². The van der Waals surface area contributed by atoms with Gasteiger partial charge in [0.1, 0.15) is 5.69 Å². The molecule has 0 unspecified atom stereocenters. The van der Waals surface area contributed by atoms with E-state index in [9.17, 15) is 13.2 Å². The highest BCUT2D eigenvalue weighted by atomic mass is 19.4. The summed E-state index contributed by atoms with van der Waals surface area (Å²) in [6.45, 7) is 0.0150. The summed E-state index contributed by atoms with van der Waals surface area (Å²) in [5, 5.41) is 8.57. The van der Waals surface area contributed by atoms with Crippen molar-refractivity contribution in [2.24, 2.45) is 5.73 Å². The highest BCUT2D eigenvalue weighted by Gasteiger charge is 2.34. The van der Waals surface area contributed by atoms with Crippen molar-refractivity contribution in [3.63, 3.8) is 0 Å². The van der Waals surface area contributed by atoms with Crippen LogP contribution in [0.15, 0.2) is 6.07 Å². The van der Waals surface area contributed by atoms with Gasteiger partial charge in [0.05, 0.1) is 25.3 Å². The molecule has 5 nitrogen and oxygen atoms in total. The lowest BCUT2D eigenvalue weighted by atomic mass is 10.2. The van der Waals surface area contributed by atoms with E-state index < -0.39 is 12.1 Å². The van der Waals surface area contributed by atoms with Crippen molar-refractivity contribution in [3.05, 3.63) is 17.5 Å². The number of hydrogen-bond donors (Lipinski definition) is 1. The Labute approximate surface area is 101 Å². The zero-order valence-electron chi connectivity index (χ0n) is 9.41. The molecule has 0 atom stereocenters. The molecule has 1 aromatic heterocycles. The van der Waals surface area contributed by atoms with Gasteiger partial charge < -0.3 is 15.2 Å². The fraction of sp³-hybridized carbons (Fsp3) is 0.400. The van der Waals surface area contributed by atoms with Crippen LogP contribution >= 0.6 is 0 Å². The molecule has 1 rings (SSSR count). The molecule has 0 saturated heterocycles. The van der Waals surface area contributed by atoms with Crippen LogP contribution in [0.25, 0.3) is 0 Å². The zero-order valence-corrected chi connectivity index (χ0v) is 9.41. The van der Waals surface area contributed by atoms with Crippen LogP contribution in [0.3, 0.4) is 0 Å². The maximum Gasteiger partial charge on any atom is 0.573 e. The highest BCUT2D eigenvalue weighted by molar-refractivity contribution is 5.45. The highest BCUT2D eigenvalue weighted by Crippen LogP contribution is 2.35. The molecule has 0 aliphatic rings. The minimum absolute atomic E-state index is 0.0150. The number of methoxy groups -OCH3 is 1. The fourth-order valence-corrected chi connectivity index (χ4v) is 1.29. The molecular formula is C10H10F3N3O2. The van der Waals surface area contributed by atoms with Gasteiger partial charge in [0.25, 0.3) is 0 Å². The average molecular weight is 261 g/mol. The van der Waals surface area contributed by atoms with E-state index in [0.717, 1.165) is 0 Å². The SMILES string of the molecule is COc1cc(CN)nc(CC#N)c1OC(F)(F)F. The molecule has 0 spiro atoms. The van der Waals surface area contributed by atoms with Crippen LogP contribution in [0, 0.1) is 11.3 Å². The number of pyridine rings is 1. The first-order valence-electron chi connectivity index (χ1n) is 4.80. The molecule has 0 radical (unpaired) electrons. The average Bonchev–Trinajstić information content (AvgIpc) is 2.29. The van der Waals surface area contributed by atoms with E-state index in [0.29, 0.717) is 5.69 Å². The third kappa shape index (κ3) is 3.49. The van der Waals surface area contributed by atoms with Crippen LogP contribution in [-0.2, 0) is 13.0 Å². The predicted octanol–water partition coefficient (Wildman–Crippen LogP) is 1.51. The number of halogens is 3. The lowest BCUT2D eigenvalue weighted by molar-refractivity contribution is -0.275. The monoisotopic (exact) mass is 261 g/mol. The summed E-state index contributed by atoms with van der Waals surface area (Å²) < 4.78 is 45.4. The van der Waals surface area contributed by atoms with Crippen molar-refractivity contribution in [2.45, 2.75) is 19.3 Å². The van der Waals surface area contributed by atoms with Gasteiger partial charge in [-0.05, 0) is 0 Å². The van der Waals surface area contributed by atoms with Crippen molar-refractivity contribution in [1.82, 2.24) is 4.98 Å². The molecule has 0 saturated carbocycles. The molecule has 1 heterocycles. The standard InChI is InChI=1S/C10H10F3N3O2/c1-17-8-4-6(5-15)16-7(2-3-14)9(8)18-10(11,12)13/h4H,2,5,15H2,1H3. The van der Waals surface area contributed by atoms with Crippen LogP contribution in [0.2, 0.25) is 0 Å². The number of ether oxygens (including phenoxy) is 2. The lowest BCUT2D eigenvalue weighted by Gasteiger charge is -2.15. The topological polar surface area (TPSA) is 81.2 Å². The van der Waals surface area contributed by atoms with Gasteiger partial charge in [-0.15, -0.1) is 13.2 Å². The Morgan fingerprint density at radius 3 is 2.61 bits per heavy atom. The fourth-order valence-electron chi connectivity index (χ4n) is 1.29. The van der Waals surface area contributed by atoms with E-state index >= 15 is 0 Å². The zero-order chi connectivity index (χ0) is 13.8. The van der Waals surface area contributed by atoms with Crippen LogP contribution in [0.5, 0.6) is 11.5 Å². The Kier molecular flexibility index (Phi) is 4.33. The first-order valence-corrected chi connectivity index (χ1v) is 4.80. The quantitative estimate of drug-likeness (QED) is 0.888. The van der Waals surface area contributed by atoms with Crippen LogP contribution in [0.4, 0.5) is 13.2 Å². The maximum atomic E-state index is 12.2. The molecule has 0 aliphatic carbocycles. The van der Waals surface area contributed by atoms with E-state index in [-0.39, 0.29) is 24.4 Å². The van der Waals surface area contributed by atoms with Gasteiger partial charge in [-0.3, -0.25) is 4.98 Å². The second-order valence-electron chi connectivity index (χ2n) is 3.18. The Morgan fingerprint density at radius 2 is 2.17 bits per heavy atom. The van der Waals surface area contributed by atoms with E-state index in [1.165, 1.54) is 13.2 Å². The van der Waals surface area contributed by atoms with Gasteiger partial charge >= 0.3 is 6.36 Å². The summed E-state index contributed by atoms with van der Waals surface area (Å²) in [7, 11) is 1.19. The molecule has 0 fully saturated rings. The molecule has 0 aliphatic heterocycles. The maximum absolute atomic E-state index is 12.2. The normalized spacial score (nSPS) is 10.9. The second-order valence-corrected chi connectivity index (χ2v) is 3.18. The summed E-state index contributed by atoms with van der Waals surface area (Å²) in [4.78, 5) is 3.82. The number of rotatable bonds is 4. The number of nitriles is 1. The van der Waals surface area contributed by atoms with Crippen LogP contribution < -0.4 is 15.2 Å². The van der Waals surface area contributed by atoms with Crippen molar-refractivity contribution in [2.75, 3.05) is 7.11 Å². The molecule has 98 valence electrons. The Hall–Kier alpha value is -2.01. The van der Waals surface area contributed by atoms with Crippen molar-refractivity contribution >= 4 is 0 Å². The van der Waals surface area contributed by atoms with Crippen molar-refractivity contribution in [3.8, 4) is 17.6 Å². The molecule has 0 bridgehead atoms. The second kappa shape index (κ2) is 5.55. The van der Waals surface area contributed by atoms with Crippen molar-refractivity contribution in [1.29, 1.82) is 5.26 Å². The molecular weight excluding hydrogens is 251 g/mol. The summed E-state index contributed by atoms with van der Waals surface area (Å²) in [6.07, 6.45) is -5.22. The van der Waals surface area contributed by atoms with Gasteiger partial charge in [0.2, 0.25) is 0 Å². The number of aromatic nitrogens is 1. The summed E-state index contributed by atoms with van der Waals surface area (Å²) in [5.74, 6) is -0.767. The number of nitrogens with two attached hydrogens (primary N) is 1. The van der Waals surface area contributed by atoms with Gasteiger partial charge in [-0.1, -0.05) is 0 Å². The molecule has 18 heavy (non-hydrogen) atoms. The van der Waals surface area contributed by atoms with E-state index in [2.05, 4.69) is 9.72 Å². The summed E-state index contributed by atoms with van der Waals surface area (Å²) in [6, 6.07) is 2.94. The molecule has 0 amide bonds. The first-order chi connectivity index (χ1) is 8.41. The summed E-state index contributed by atoms with van der Waals surface area (Å²) in [5.41, 5.74) is 5.51. The molecule has 8 heteroatoms. The van der Waals surface area contributed by atoms with Crippen LogP contribution in [0.1, 0.15) is 11.4 Å². The van der Waals surface area contributed by atoms with Gasteiger partial charge in [-0.25, -0.2) is 0 Å². The van der Waals surface area contributed by atoms with Gasteiger partial charge in [0, 0.05) is 12.6 Å². The molecule has 1 aromatic rings. The number of hydrogen-bond acceptors (Lipinski definition) is 5. The van der Waals surface area contributed by atoms with E-state index in [4.69, 9.17) is 15.7 Å². The minimum atomic E-state index is -4.89. The largest absolute Gasteiger partial charge is 0.573 e. The minimum Gasteiger partial charge on any atom is -0.493 e. The summed E-state index contributed by atoms with van der Waals surface area (Å²) >= 11 is 0. The molecule has 0 aromatic carbocycles. The van der Waals surface area contributed by atoms with Crippen LogP contribution in [-0.4, -0.2) is 18.5 Å². The third-order valence-corrected chi connectivity index (χ3v) is 1.96. The Bertz CT molecular complexity index is 469. The van der Waals surface area contributed by atoms with E-state index in [1.54, 1.807) is 6.07 Å². The molecule has 2 N–H and O–H groups in total. The Balaban J connectivity index is 3.30. The lowest BCUT2D eigenvalue weighted by Crippen LogP contribution is -2.19. The Morgan fingerprint density at radius 1 is 1.50 bits per heavy atom. The first kappa shape index (κ1) is 14.1. The number of nitrogens with zero attached hydrogens (tertiary/aromatic N) is 2. The van der Waals surface area contributed by atoms with E-state index in [1.807, 2.05) is 0 Å². The predicted molar refractivity (Wildman–Crippen MR) is 54.7 cm³/mol. The smallest absolute Gasteiger partial charge is 0.493 e. The van der Waals surface area contributed by atoms with Gasteiger partial charge in [0.15, 0.2) is 11.5 Å². The third-order valence-electron chi connectivity index (χ3n) is 1.96. The number of alkyl halides is 3. The van der Waals surface area contributed by atoms with Gasteiger partial charge in [-0.2, -0.15) is 5.26 Å².